The average molecular weight is 379 g/mol. The molecule has 1 aliphatic heterocycles. The standard InChI is InChI=1S/C20H25N7O/c1-14-11-15(2)27-20(23-14)24-18(25-27)19(28)22-13-16-7-8-17(21-12-16)26-9-5-3-4-6-10-26/h7-8,11-12H,3-6,9-10,13H2,1-2H3,(H,22,28). The smallest absolute Gasteiger partial charge is 0.291 e. The highest BCUT2D eigenvalue weighted by Gasteiger charge is 2.15. The molecule has 0 bridgehead atoms. The summed E-state index contributed by atoms with van der Waals surface area (Å²) in [5.74, 6) is 1.25. The number of nitrogens with zero attached hydrogens (tertiary/aromatic N) is 6. The Morgan fingerprint density at radius 3 is 2.61 bits per heavy atom. The van der Waals surface area contributed by atoms with Crippen LogP contribution in [0.2, 0.25) is 0 Å². The van der Waals surface area contributed by atoms with Crippen molar-refractivity contribution in [3.05, 3.63) is 47.2 Å². The molecule has 0 saturated carbocycles. The first kappa shape index (κ1) is 18.3. The highest BCUT2D eigenvalue weighted by molar-refractivity contribution is 5.90. The van der Waals surface area contributed by atoms with E-state index in [1.54, 1.807) is 4.52 Å². The molecule has 3 aromatic heterocycles. The summed E-state index contributed by atoms with van der Waals surface area (Å²) in [6.45, 7) is 6.32. The Morgan fingerprint density at radius 1 is 1.11 bits per heavy atom. The Bertz CT molecular complexity index is 972. The Hall–Kier alpha value is -3.03. The molecule has 8 heteroatoms. The number of anilines is 1. The van der Waals surface area contributed by atoms with Crippen LogP contribution in [0.1, 0.15) is 53.3 Å². The normalized spacial score (nSPS) is 14.9. The molecule has 1 fully saturated rings. The maximum Gasteiger partial charge on any atom is 0.291 e. The van der Waals surface area contributed by atoms with E-state index < -0.39 is 0 Å². The molecule has 4 rings (SSSR count). The van der Waals surface area contributed by atoms with Crippen LogP contribution in [0.15, 0.2) is 24.4 Å². The molecule has 8 nitrogen and oxygen atoms in total. The monoisotopic (exact) mass is 379 g/mol. The third-order valence-electron chi connectivity index (χ3n) is 5.01. The highest BCUT2D eigenvalue weighted by atomic mass is 16.2. The number of aryl methyl sites for hydroxylation is 2. The molecule has 1 N–H and O–H groups in total. The molecule has 0 unspecified atom stereocenters. The van der Waals surface area contributed by atoms with E-state index in [-0.39, 0.29) is 11.7 Å². The van der Waals surface area contributed by atoms with Crippen molar-refractivity contribution in [2.75, 3.05) is 18.0 Å². The molecule has 0 radical (unpaired) electrons. The number of fused-ring (bicyclic) bond motifs is 1. The number of rotatable bonds is 4. The minimum absolute atomic E-state index is 0.121. The second-order valence-corrected chi connectivity index (χ2v) is 7.29. The Kier molecular flexibility index (Phi) is 5.18. The molecule has 0 aliphatic carbocycles. The summed E-state index contributed by atoms with van der Waals surface area (Å²) in [7, 11) is 0. The van der Waals surface area contributed by atoms with E-state index in [0.717, 1.165) is 35.9 Å². The number of hydrogen-bond acceptors (Lipinski definition) is 6. The number of pyridine rings is 1. The number of nitrogens with one attached hydrogen (secondary N) is 1. The van der Waals surface area contributed by atoms with Crippen LogP contribution in [0.4, 0.5) is 5.82 Å². The molecule has 146 valence electrons. The van der Waals surface area contributed by atoms with Crippen LogP contribution in [0.25, 0.3) is 5.78 Å². The molecule has 4 heterocycles. The van der Waals surface area contributed by atoms with E-state index >= 15 is 0 Å². The summed E-state index contributed by atoms with van der Waals surface area (Å²) < 4.78 is 1.58. The molecule has 3 aromatic rings. The fourth-order valence-electron chi connectivity index (χ4n) is 3.53. The van der Waals surface area contributed by atoms with Gasteiger partial charge < -0.3 is 10.2 Å². The number of carbonyl (C=O) groups excluding carboxylic acids is 1. The molecule has 0 spiro atoms. The minimum atomic E-state index is -0.320. The van der Waals surface area contributed by atoms with Crippen molar-refractivity contribution in [3.63, 3.8) is 0 Å². The van der Waals surface area contributed by atoms with Crippen molar-refractivity contribution in [2.45, 2.75) is 46.1 Å². The van der Waals surface area contributed by atoms with Crippen LogP contribution >= 0.6 is 0 Å². The molecule has 1 aliphatic rings. The summed E-state index contributed by atoms with van der Waals surface area (Å²) in [6.07, 6.45) is 6.87. The number of aromatic nitrogens is 5. The Morgan fingerprint density at radius 2 is 1.89 bits per heavy atom. The molecule has 1 saturated heterocycles. The maximum absolute atomic E-state index is 12.4. The fourth-order valence-corrected chi connectivity index (χ4v) is 3.53. The van der Waals surface area contributed by atoms with E-state index in [9.17, 15) is 4.79 Å². The predicted octanol–water partition coefficient (Wildman–Crippen LogP) is 2.45. The van der Waals surface area contributed by atoms with Gasteiger partial charge in [0.1, 0.15) is 5.82 Å². The summed E-state index contributed by atoms with van der Waals surface area (Å²) in [5, 5.41) is 7.12. The zero-order chi connectivity index (χ0) is 19.5. The maximum atomic E-state index is 12.4. The van der Waals surface area contributed by atoms with Gasteiger partial charge in [-0.3, -0.25) is 4.79 Å². The van der Waals surface area contributed by atoms with Crippen molar-refractivity contribution in [3.8, 4) is 0 Å². The Labute approximate surface area is 164 Å². The van der Waals surface area contributed by atoms with Crippen LogP contribution in [0.5, 0.6) is 0 Å². The summed E-state index contributed by atoms with van der Waals surface area (Å²) in [5.41, 5.74) is 2.68. The van der Waals surface area contributed by atoms with Gasteiger partial charge in [0.25, 0.3) is 11.7 Å². The average Bonchev–Trinajstić information content (AvgIpc) is 2.94. The van der Waals surface area contributed by atoms with E-state index in [2.05, 4.69) is 30.3 Å². The van der Waals surface area contributed by atoms with Crippen LogP contribution in [-0.4, -0.2) is 43.6 Å². The van der Waals surface area contributed by atoms with Gasteiger partial charge in [0.05, 0.1) is 0 Å². The van der Waals surface area contributed by atoms with Crippen LogP contribution in [0, 0.1) is 13.8 Å². The second-order valence-electron chi connectivity index (χ2n) is 7.29. The van der Waals surface area contributed by atoms with Crippen LogP contribution in [0.3, 0.4) is 0 Å². The first-order valence-corrected chi connectivity index (χ1v) is 9.79. The van der Waals surface area contributed by atoms with Gasteiger partial charge in [0, 0.05) is 37.2 Å². The lowest BCUT2D eigenvalue weighted by Gasteiger charge is -2.21. The third kappa shape index (κ3) is 3.95. The summed E-state index contributed by atoms with van der Waals surface area (Å²) >= 11 is 0. The first-order valence-electron chi connectivity index (χ1n) is 9.79. The van der Waals surface area contributed by atoms with E-state index in [1.165, 1.54) is 25.7 Å². The van der Waals surface area contributed by atoms with Gasteiger partial charge in [-0.2, -0.15) is 4.98 Å². The van der Waals surface area contributed by atoms with Crippen molar-refractivity contribution >= 4 is 17.5 Å². The molecule has 0 aromatic carbocycles. The third-order valence-corrected chi connectivity index (χ3v) is 5.01. The predicted molar refractivity (Wildman–Crippen MR) is 106 cm³/mol. The lowest BCUT2D eigenvalue weighted by atomic mass is 10.2. The lowest BCUT2D eigenvalue weighted by Crippen LogP contribution is -2.26. The van der Waals surface area contributed by atoms with E-state index in [1.807, 2.05) is 38.2 Å². The van der Waals surface area contributed by atoms with Crippen molar-refractivity contribution in [1.82, 2.24) is 29.9 Å². The highest BCUT2D eigenvalue weighted by Crippen LogP contribution is 2.17. The van der Waals surface area contributed by atoms with Crippen molar-refractivity contribution < 1.29 is 4.79 Å². The van der Waals surface area contributed by atoms with Crippen LogP contribution in [-0.2, 0) is 6.54 Å². The molecule has 0 atom stereocenters. The molecule has 1 amide bonds. The SMILES string of the molecule is Cc1cc(C)n2nc(C(=O)NCc3ccc(N4CCCCCC4)nc3)nc2n1. The fraction of sp³-hybridized carbons (Fsp3) is 0.450. The topological polar surface area (TPSA) is 88.3 Å². The van der Waals surface area contributed by atoms with E-state index in [4.69, 9.17) is 0 Å². The van der Waals surface area contributed by atoms with Gasteiger partial charge in [-0.25, -0.2) is 14.5 Å². The molecule has 28 heavy (non-hydrogen) atoms. The Balaban J connectivity index is 1.40. The van der Waals surface area contributed by atoms with E-state index in [0.29, 0.717) is 12.3 Å². The molecular weight excluding hydrogens is 354 g/mol. The van der Waals surface area contributed by atoms with Crippen molar-refractivity contribution in [2.24, 2.45) is 0 Å². The summed E-state index contributed by atoms with van der Waals surface area (Å²) in [6, 6.07) is 5.95. The van der Waals surface area contributed by atoms with Gasteiger partial charge in [-0.05, 0) is 44.4 Å². The zero-order valence-corrected chi connectivity index (χ0v) is 16.4. The lowest BCUT2D eigenvalue weighted by molar-refractivity contribution is 0.0940. The number of carbonyl (C=O) groups is 1. The quantitative estimate of drug-likeness (QED) is 0.749. The number of hydrogen-bond donors (Lipinski definition) is 1. The summed E-state index contributed by atoms with van der Waals surface area (Å²) in [4.78, 5) is 27.9. The first-order chi connectivity index (χ1) is 13.6. The minimum Gasteiger partial charge on any atom is -0.357 e. The van der Waals surface area contributed by atoms with Gasteiger partial charge >= 0.3 is 0 Å². The van der Waals surface area contributed by atoms with Gasteiger partial charge in [-0.15, -0.1) is 5.10 Å². The number of amides is 1. The molecular formula is C20H25N7O. The van der Waals surface area contributed by atoms with Crippen LogP contribution < -0.4 is 10.2 Å². The van der Waals surface area contributed by atoms with Gasteiger partial charge in [-0.1, -0.05) is 18.9 Å². The van der Waals surface area contributed by atoms with Gasteiger partial charge in [0.15, 0.2) is 0 Å². The largest absolute Gasteiger partial charge is 0.357 e. The van der Waals surface area contributed by atoms with Gasteiger partial charge in [0.2, 0.25) is 5.82 Å². The zero-order valence-electron chi connectivity index (χ0n) is 16.4. The van der Waals surface area contributed by atoms with Crippen molar-refractivity contribution in [1.29, 1.82) is 0 Å². The second kappa shape index (κ2) is 7.92.